The fraction of sp³-hybridized carbons (Fsp3) is 0.381. The first-order valence-corrected chi connectivity index (χ1v) is 10.5. The lowest BCUT2D eigenvalue weighted by Gasteiger charge is -2.25. The molecule has 1 fully saturated rings. The van der Waals surface area contributed by atoms with Crippen LogP contribution >= 0.6 is 11.3 Å². The average molecular weight is 413 g/mol. The lowest BCUT2D eigenvalue weighted by molar-refractivity contribution is 0.0509. The Morgan fingerprint density at radius 2 is 2.17 bits per heavy atom. The van der Waals surface area contributed by atoms with Gasteiger partial charge < -0.3 is 18.9 Å². The Bertz CT molecular complexity index is 918. The molecule has 1 aromatic carbocycles. The Labute approximate surface area is 173 Å². The Morgan fingerprint density at radius 1 is 1.31 bits per heavy atom. The Hall–Kier alpha value is -2.71. The van der Waals surface area contributed by atoms with Crippen LogP contribution in [-0.2, 0) is 17.9 Å². The van der Waals surface area contributed by atoms with Crippen molar-refractivity contribution in [2.75, 3.05) is 13.2 Å². The molecule has 152 valence electrons. The third kappa shape index (κ3) is 5.21. The number of carbonyl (C=O) groups excluding carboxylic acids is 1. The molecule has 0 spiro atoms. The lowest BCUT2D eigenvalue weighted by Crippen LogP contribution is -2.36. The molecular weight excluding hydrogens is 390 g/mol. The summed E-state index contributed by atoms with van der Waals surface area (Å²) in [6.07, 6.45) is 2.16. The minimum Gasteiger partial charge on any atom is -0.485 e. The van der Waals surface area contributed by atoms with Crippen LogP contribution in [0.2, 0.25) is 0 Å². The van der Waals surface area contributed by atoms with Crippen molar-refractivity contribution in [3.63, 3.8) is 0 Å². The van der Waals surface area contributed by atoms with Crippen LogP contribution in [0.1, 0.15) is 39.8 Å². The molecule has 0 saturated carbocycles. The largest absolute Gasteiger partial charge is 0.485 e. The van der Waals surface area contributed by atoms with Gasteiger partial charge in [0, 0.05) is 30.5 Å². The summed E-state index contributed by atoms with van der Waals surface area (Å²) >= 11 is 1.66. The predicted octanol–water partition coefficient (Wildman–Crippen LogP) is 3.84. The van der Waals surface area contributed by atoms with E-state index >= 15 is 0 Å². The molecule has 2 aromatic heterocycles. The van der Waals surface area contributed by atoms with Crippen molar-refractivity contribution in [3.8, 4) is 5.75 Å². The van der Waals surface area contributed by atoms with Crippen molar-refractivity contribution in [2.45, 2.75) is 39.0 Å². The third-order valence-corrected chi connectivity index (χ3v) is 5.56. The van der Waals surface area contributed by atoms with Gasteiger partial charge in [-0.1, -0.05) is 11.2 Å². The topological polar surface area (TPSA) is 77.7 Å². The fourth-order valence-electron chi connectivity index (χ4n) is 3.27. The van der Waals surface area contributed by atoms with Crippen molar-refractivity contribution >= 4 is 17.2 Å². The van der Waals surface area contributed by atoms with Crippen LogP contribution in [0.4, 0.5) is 0 Å². The van der Waals surface area contributed by atoms with Gasteiger partial charge in [0.1, 0.15) is 5.75 Å². The molecule has 1 atom stereocenters. The molecule has 1 aliphatic rings. The van der Waals surface area contributed by atoms with Gasteiger partial charge in [-0.2, -0.15) is 4.98 Å². The van der Waals surface area contributed by atoms with E-state index in [0.717, 1.165) is 24.3 Å². The minimum atomic E-state index is -0.00533. The minimum absolute atomic E-state index is 0.00533. The highest BCUT2D eigenvalue weighted by Gasteiger charge is 2.24. The zero-order valence-corrected chi connectivity index (χ0v) is 17.1. The van der Waals surface area contributed by atoms with E-state index in [0.29, 0.717) is 36.1 Å². The maximum absolute atomic E-state index is 13.2. The lowest BCUT2D eigenvalue weighted by atomic mass is 10.1. The molecule has 1 aliphatic heterocycles. The SMILES string of the molecule is Cc1nc(COc2ccc(C(=O)N(Cc3cccs3)CC3CCCO3)cc2)no1. The standard InChI is InChI=1S/C21H23N3O4S/c1-15-22-20(23-28-15)14-27-17-8-6-16(7-9-17)21(25)24(12-18-4-2-10-26-18)13-19-5-3-11-29-19/h3,5-9,11,18H,2,4,10,12-14H2,1H3. The number of ether oxygens (including phenoxy) is 2. The monoisotopic (exact) mass is 413 g/mol. The van der Waals surface area contributed by atoms with Crippen molar-refractivity contribution in [1.29, 1.82) is 0 Å². The molecule has 0 N–H and O–H groups in total. The van der Waals surface area contributed by atoms with Crippen LogP contribution < -0.4 is 4.74 Å². The first-order valence-electron chi connectivity index (χ1n) is 9.63. The van der Waals surface area contributed by atoms with Crippen LogP contribution in [0.15, 0.2) is 46.3 Å². The average Bonchev–Trinajstić information content (AvgIpc) is 3.50. The van der Waals surface area contributed by atoms with Crippen LogP contribution in [0.3, 0.4) is 0 Å². The number of thiophene rings is 1. The maximum atomic E-state index is 13.2. The molecule has 29 heavy (non-hydrogen) atoms. The van der Waals surface area contributed by atoms with Gasteiger partial charge in [0.15, 0.2) is 6.61 Å². The third-order valence-electron chi connectivity index (χ3n) is 4.70. The maximum Gasteiger partial charge on any atom is 0.254 e. The van der Waals surface area contributed by atoms with Crippen LogP contribution in [0, 0.1) is 6.92 Å². The van der Waals surface area contributed by atoms with Gasteiger partial charge in [0.25, 0.3) is 5.91 Å². The summed E-state index contributed by atoms with van der Waals surface area (Å²) in [5, 5.41) is 5.83. The van der Waals surface area contributed by atoms with E-state index in [4.69, 9.17) is 14.0 Å². The van der Waals surface area contributed by atoms with Crippen LogP contribution in [0.5, 0.6) is 5.75 Å². The summed E-state index contributed by atoms with van der Waals surface area (Å²) in [5.41, 5.74) is 0.627. The zero-order chi connectivity index (χ0) is 20.1. The number of rotatable bonds is 8. The Kier molecular flexibility index (Phi) is 6.21. The molecular formula is C21H23N3O4S. The highest BCUT2D eigenvalue weighted by atomic mass is 32.1. The normalized spacial score (nSPS) is 16.1. The summed E-state index contributed by atoms with van der Waals surface area (Å²) in [6.45, 7) is 3.92. The number of nitrogens with zero attached hydrogens (tertiary/aromatic N) is 3. The van der Waals surface area contributed by atoms with Crippen molar-refractivity contribution in [2.24, 2.45) is 0 Å². The first kappa shape index (κ1) is 19.6. The number of benzene rings is 1. The molecule has 0 bridgehead atoms. The number of aryl methyl sites for hydroxylation is 1. The van der Waals surface area contributed by atoms with Gasteiger partial charge in [0.2, 0.25) is 11.7 Å². The summed E-state index contributed by atoms with van der Waals surface area (Å²) in [6, 6.07) is 11.2. The summed E-state index contributed by atoms with van der Waals surface area (Å²) in [5.74, 6) is 1.63. The molecule has 1 unspecified atom stereocenters. The summed E-state index contributed by atoms with van der Waals surface area (Å²) < 4.78 is 16.3. The fourth-order valence-corrected chi connectivity index (χ4v) is 3.99. The first-order chi connectivity index (χ1) is 14.2. The van der Waals surface area contributed by atoms with Crippen molar-refractivity contribution < 1.29 is 18.8 Å². The second-order valence-electron chi connectivity index (χ2n) is 6.94. The molecule has 0 radical (unpaired) electrons. The number of carbonyl (C=O) groups is 1. The number of amides is 1. The van der Waals surface area contributed by atoms with Gasteiger partial charge in [0.05, 0.1) is 12.6 Å². The van der Waals surface area contributed by atoms with E-state index in [1.807, 2.05) is 16.3 Å². The summed E-state index contributed by atoms with van der Waals surface area (Å²) in [7, 11) is 0. The van der Waals surface area contributed by atoms with E-state index in [1.165, 1.54) is 0 Å². The molecule has 0 aliphatic carbocycles. The van der Waals surface area contributed by atoms with E-state index in [9.17, 15) is 4.79 Å². The van der Waals surface area contributed by atoms with Gasteiger partial charge in [-0.05, 0) is 48.6 Å². The van der Waals surface area contributed by atoms with Crippen molar-refractivity contribution in [3.05, 3.63) is 63.9 Å². The highest BCUT2D eigenvalue weighted by Crippen LogP contribution is 2.21. The Morgan fingerprint density at radius 3 is 2.83 bits per heavy atom. The molecule has 1 saturated heterocycles. The number of hydrogen-bond acceptors (Lipinski definition) is 7. The Balaban J connectivity index is 1.41. The second kappa shape index (κ2) is 9.19. The van der Waals surface area contributed by atoms with E-state index in [-0.39, 0.29) is 18.6 Å². The molecule has 7 nitrogen and oxygen atoms in total. The number of aromatic nitrogens is 2. The predicted molar refractivity (Wildman–Crippen MR) is 108 cm³/mol. The van der Waals surface area contributed by atoms with Gasteiger partial charge >= 0.3 is 0 Å². The smallest absolute Gasteiger partial charge is 0.254 e. The highest BCUT2D eigenvalue weighted by molar-refractivity contribution is 7.09. The second-order valence-corrected chi connectivity index (χ2v) is 7.97. The number of hydrogen-bond donors (Lipinski definition) is 0. The quantitative estimate of drug-likeness (QED) is 0.558. The van der Waals surface area contributed by atoms with Gasteiger partial charge in [-0.15, -0.1) is 11.3 Å². The molecule has 8 heteroatoms. The van der Waals surface area contributed by atoms with Crippen LogP contribution in [0.25, 0.3) is 0 Å². The van der Waals surface area contributed by atoms with E-state index in [2.05, 4.69) is 16.2 Å². The van der Waals surface area contributed by atoms with E-state index < -0.39 is 0 Å². The molecule has 1 amide bonds. The van der Waals surface area contributed by atoms with E-state index in [1.54, 1.807) is 42.5 Å². The molecule has 3 heterocycles. The zero-order valence-electron chi connectivity index (χ0n) is 16.2. The summed E-state index contributed by atoms with van der Waals surface area (Å²) in [4.78, 5) is 20.3. The van der Waals surface area contributed by atoms with Gasteiger partial charge in [-0.3, -0.25) is 4.79 Å². The molecule has 4 rings (SSSR count). The van der Waals surface area contributed by atoms with Crippen molar-refractivity contribution in [1.82, 2.24) is 15.0 Å². The van der Waals surface area contributed by atoms with Crippen LogP contribution in [-0.4, -0.2) is 40.2 Å². The molecule has 3 aromatic rings. The van der Waals surface area contributed by atoms with Gasteiger partial charge in [-0.25, -0.2) is 0 Å².